The quantitative estimate of drug-likeness (QED) is 0.618. The highest BCUT2D eigenvalue weighted by Gasteiger charge is 2.43. The molecule has 3 atom stereocenters. The van der Waals surface area contributed by atoms with Crippen LogP contribution < -0.4 is 0 Å². The van der Waals surface area contributed by atoms with Crippen LogP contribution in [-0.2, 0) is 30.3 Å². The van der Waals surface area contributed by atoms with Crippen LogP contribution in [0.15, 0.2) is 42.7 Å². The fourth-order valence-corrected chi connectivity index (χ4v) is 2.55. The van der Waals surface area contributed by atoms with Gasteiger partial charge in [0, 0.05) is 0 Å². The summed E-state index contributed by atoms with van der Waals surface area (Å²) in [6.45, 7) is 5.01. The van der Waals surface area contributed by atoms with E-state index in [1.54, 1.807) is 6.26 Å². The number of ether oxygens (including phenoxy) is 5. The van der Waals surface area contributed by atoms with Crippen LogP contribution in [-0.4, -0.2) is 37.5 Å². The third-order valence-corrected chi connectivity index (χ3v) is 3.68. The molecular formula is C17H22O5. The van der Waals surface area contributed by atoms with Crippen molar-refractivity contribution in [3.05, 3.63) is 48.2 Å². The Labute approximate surface area is 130 Å². The average molecular weight is 306 g/mol. The first-order chi connectivity index (χ1) is 10.6. The van der Waals surface area contributed by atoms with Crippen LogP contribution >= 0.6 is 0 Å². The summed E-state index contributed by atoms with van der Waals surface area (Å²) in [4.78, 5) is 0. The molecular weight excluding hydrogens is 284 g/mol. The van der Waals surface area contributed by atoms with E-state index in [1.807, 2.05) is 50.3 Å². The lowest BCUT2D eigenvalue weighted by atomic mass is 10.0. The molecule has 5 nitrogen and oxygen atoms in total. The maximum absolute atomic E-state index is 5.93. The van der Waals surface area contributed by atoms with E-state index in [0.717, 1.165) is 5.56 Å². The van der Waals surface area contributed by atoms with Crippen LogP contribution in [0.5, 0.6) is 0 Å². The third-order valence-electron chi connectivity index (χ3n) is 3.68. The van der Waals surface area contributed by atoms with Gasteiger partial charge in [0.25, 0.3) is 0 Å². The van der Waals surface area contributed by atoms with Crippen molar-refractivity contribution in [1.82, 2.24) is 0 Å². The van der Waals surface area contributed by atoms with Crippen LogP contribution in [0.4, 0.5) is 0 Å². The van der Waals surface area contributed by atoms with Crippen LogP contribution in [0, 0.1) is 0 Å². The monoisotopic (exact) mass is 306 g/mol. The number of hydrogen-bond acceptors (Lipinski definition) is 5. The van der Waals surface area contributed by atoms with Gasteiger partial charge in [-0.25, -0.2) is 0 Å². The van der Waals surface area contributed by atoms with Gasteiger partial charge in [0.1, 0.15) is 19.0 Å². The Morgan fingerprint density at radius 3 is 2.86 bits per heavy atom. The molecule has 2 heterocycles. The van der Waals surface area contributed by atoms with Gasteiger partial charge < -0.3 is 23.7 Å². The van der Waals surface area contributed by atoms with E-state index in [-0.39, 0.29) is 25.1 Å². The zero-order chi connectivity index (χ0) is 15.4. The Morgan fingerprint density at radius 1 is 1.23 bits per heavy atom. The van der Waals surface area contributed by atoms with Gasteiger partial charge in [0.2, 0.25) is 0 Å². The van der Waals surface area contributed by atoms with E-state index in [1.165, 1.54) is 0 Å². The van der Waals surface area contributed by atoms with Crippen LogP contribution in [0.25, 0.3) is 0 Å². The summed E-state index contributed by atoms with van der Waals surface area (Å²) >= 11 is 0. The first-order valence-electron chi connectivity index (χ1n) is 7.51. The van der Waals surface area contributed by atoms with E-state index in [2.05, 4.69) is 0 Å². The second kappa shape index (κ2) is 6.79. The molecule has 1 fully saturated rings. The van der Waals surface area contributed by atoms with E-state index < -0.39 is 5.79 Å². The van der Waals surface area contributed by atoms with Crippen LogP contribution in [0.3, 0.4) is 0 Å². The van der Waals surface area contributed by atoms with E-state index in [0.29, 0.717) is 13.2 Å². The zero-order valence-corrected chi connectivity index (χ0v) is 12.9. The first kappa shape index (κ1) is 15.5. The third kappa shape index (κ3) is 3.87. The molecule has 120 valence electrons. The van der Waals surface area contributed by atoms with E-state index in [9.17, 15) is 0 Å². The molecule has 1 aromatic rings. The van der Waals surface area contributed by atoms with E-state index in [4.69, 9.17) is 23.7 Å². The second-order valence-corrected chi connectivity index (χ2v) is 5.88. The van der Waals surface area contributed by atoms with Crippen molar-refractivity contribution in [3.8, 4) is 0 Å². The summed E-state index contributed by atoms with van der Waals surface area (Å²) in [5, 5.41) is 0. The lowest BCUT2D eigenvalue weighted by Gasteiger charge is -2.44. The van der Waals surface area contributed by atoms with Gasteiger partial charge in [-0.15, -0.1) is 0 Å². The van der Waals surface area contributed by atoms with Crippen molar-refractivity contribution in [2.45, 2.75) is 44.6 Å². The molecule has 1 aromatic carbocycles. The Hall–Kier alpha value is -1.40. The second-order valence-electron chi connectivity index (χ2n) is 5.88. The number of rotatable bonds is 5. The van der Waals surface area contributed by atoms with Crippen LogP contribution in [0.1, 0.15) is 19.4 Å². The van der Waals surface area contributed by atoms with E-state index >= 15 is 0 Å². The summed E-state index contributed by atoms with van der Waals surface area (Å²) in [5.74, 6) is -0.623. The molecule has 0 unspecified atom stereocenters. The fourth-order valence-electron chi connectivity index (χ4n) is 2.55. The Balaban J connectivity index is 1.49. The highest BCUT2D eigenvalue weighted by Crippen LogP contribution is 2.30. The summed E-state index contributed by atoms with van der Waals surface area (Å²) in [5.41, 5.74) is 1.12. The zero-order valence-electron chi connectivity index (χ0n) is 12.9. The Kier molecular flexibility index (Phi) is 4.78. The van der Waals surface area contributed by atoms with Gasteiger partial charge in [-0.05, 0) is 25.5 Å². The average Bonchev–Trinajstić information content (AvgIpc) is 2.52. The van der Waals surface area contributed by atoms with Gasteiger partial charge in [0.15, 0.2) is 11.9 Å². The molecule has 0 aromatic heterocycles. The molecule has 2 aliphatic heterocycles. The SMILES string of the molecule is CC1(C)OC[C@H]2OC=C[C@@H](OCOCc3ccccc3)[C@@H]2O1. The maximum atomic E-state index is 5.93. The Morgan fingerprint density at radius 2 is 2.05 bits per heavy atom. The molecule has 0 spiro atoms. The highest BCUT2D eigenvalue weighted by molar-refractivity contribution is 5.13. The predicted octanol–water partition coefficient (Wildman–Crippen LogP) is 2.61. The minimum Gasteiger partial charge on any atom is -0.493 e. The Bertz CT molecular complexity index is 499. The van der Waals surface area contributed by atoms with Crippen molar-refractivity contribution in [2.75, 3.05) is 13.4 Å². The highest BCUT2D eigenvalue weighted by atomic mass is 16.7. The minimum absolute atomic E-state index is 0.142. The smallest absolute Gasteiger partial charge is 0.163 e. The molecule has 0 bridgehead atoms. The van der Waals surface area contributed by atoms with Crippen molar-refractivity contribution < 1.29 is 23.7 Å². The normalized spacial score (nSPS) is 29.6. The molecule has 3 rings (SSSR count). The summed E-state index contributed by atoms with van der Waals surface area (Å²) < 4.78 is 28.4. The molecule has 0 aliphatic carbocycles. The van der Waals surface area contributed by atoms with Crippen molar-refractivity contribution >= 4 is 0 Å². The number of fused-ring (bicyclic) bond motifs is 1. The molecule has 0 amide bonds. The largest absolute Gasteiger partial charge is 0.493 e. The first-order valence-corrected chi connectivity index (χ1v) is 7.51. The molecule has 0 saturated carbocycles. The number of benzene rings is 1. The van der Waals surface area contributed by atoms with Crippen molar-refractivity contribution in [1.29, 1.82) is 0 Å². The standard InChI is InChI=1S/C17H22O5/c1-17(2)21-11-15-16(22-17)14(8-9-19-15)20-12-18-10-13-6-4-3-5-7-13/h3-9,14-16H,10-12H2,1-2H3/t14-,15-,16+/m1/s1. The molecule has 0 N–H and O–H groups in total. The minimum atomic E-state index is -0.623. The maximum Gasteiger partial charge on any atom is 0.163 e. The van der Waals surface area contributed by atoms with Gasteiger partial charge >= 0.3 is 0 Å². The lowest BCUT2D eigenvalue weighted by molar-refractivity contribution is -0.325. The van der Waals surface area contributed by atoms with Crippen LogP contribution in [0.2, 0.25) is 0 Å². The van der Waals surface area contributed by atoms with Gasteiger partial charge in [-0.1, -0.05) is 30.3 Å². The number of hydrogen-bond donors (Lipinski definition) is 0. The fraction of sp³-hybridized carbons (Fsp3) is 0.529. The van der Waals surface area contributed by atoms with Gasteiger partial charge in [-0.3, -0.25) is 0 Å². The van der Waals surface area contributed by atoms with Crippen molar-refractivity contribution in [3.63, 3.8) is 0 Å². The predicted molar refractivity (Wildman–Crippen MR) is 79.9 cm³/mol. The molecule has 0 radical (unpaired) electrons. The van der Waals surface area contributed by atoms with Crippen molar-refractivity contribution in [2.24, 2.45) is 0 Å². The topological polar surface area (TPSA) is 46.2 Å². The summed E-state index contributed by atoms with van der Waals surface area (Å²) in [6.07, 6.45) is 2.98. The molecule has 1 saturated heterocycles. The lowest BCUT2D eigenvalue weighted by Crippen LogP contribution is -2.55. The molecule has 5 heteroatoms. The summed E-state index contributed by atoms with van der Waals surface area (Å²) in [6, 6.07) is 10.0. The van der Waals surface area contributed by atoms with Gasteiger partial charge in [0.05, 0.1) is 19.5 Å². The summed E-state index contributed by atoms with van der Waals surface area (Å²) in [7, 11) is 0. The van der Waals surface area contributed by atoms with Gasteiger partial charge in [-0.2, -0.15) is 0 Å². The molecule has 2 aliphatic rings. The molecule has 22 heavy (non-hydrogen) atoms.